The van der Waals surface area contributed by atoms with Gasteiger partial charge < -0.3 is 9.30 Å². The average molecular weight is 307 g/mol. The van der Waals surface area contributed by atoms with E-state index in [9.17, 15) is 0 Å². The standard InChI is InChI=1S/C12H11BrN4O/c13-8-3-7(4-14-5-8)11-15-16-12-10-2-1-9(18-10)6-17(11)12/h3-5,9-10H,1-2,6H2/t9-,10+/m1/s1. The highest BCUT2D eigenvalue weighted by molar-refractivity contribution is 9.10. The van der Waals surface area contributed by atoms with Crippen LogP contribution in [-0.4, -0.2) is 25.9 Å². The van der Waals surface area contributed by atoms with Gasteiger partial charge in [0, 0.05) is 22.4 Å². The van der Waals surface area contributed by atoms with Crippen LogP contribution < -0.4 is 0 Å². The third-order valence-electron chi connectivity index (χ3n) is 3.52. The number of pyridine rings is 1. The van der Waals surface area contributed by atoms with E-state index in [0.717, 1.165) is 41.1 Å². The molecule has 2 aromatic rings. The van der Waals surface area contributed by atoms with E-state index in [-0.39, 0.29) is 6.10 Å². The Kier molecular flexibility index (Phi) is 2.28. The van der Waals surface area contributed by atoms with Gasteiger partial charge in [-0.05, 0) is 34.8 Å². The molecule has 2 aromatic heterocycles. The van der Waals surface area contributed by atoms with Crippen LogP contribution in [0.25, 0.3) is 11.4 Å². The van der Waals surface area contributed by atoms with Crippen LogP contribution in [0.4, 0.5) is 0 Å². The predicted molar refractivity (Wildman–Crippen MR) is 67.8 cm³/mol. The highest BCUT2D eigenvalue weighted by Gasteiger charge is 2.37. The van der Waals surface area contributed by atoms with Crippen LogP contribution in [0.2, 0.25) is 0 Å². The minimum Gasteiger partial charge on any atom is -0.365 e. The SMILES string of the molecule is Brc1cncc(-c2nnc3n2C[C@H]2CC[C@@H]3O2)c1. The van der Waals surface area contributed by atoms with Crippen molar-refractivity contribution in [2.75, 3.05) is 0 Å². The number of aromatic nitrogens is 4. The summed E-state index contributed by atoms with van der Waals surface area (Å²) < 4.78 is 8.98. The van der Waals surface area contributed by atoms with Crippen molar-refractivity contribution < 1.29 is 4.74 Å². The van der Waals surface area contributed by atoms with E-state index in [4.69, 9.17) is 4.74 Å². The van der Waals surface area contributed by atoms with Crippen LogP contribution in [-0.2, 0) is 11.3 Å². The number of nitrogens with zero attached hydrogens (tertiary/aromatic N) is 4. The summed E-state index contributed by atoms with van der Waals surface area (Å²) in [6, 6.07) is 2.02. The Bertz CT molecular complexity index is 612. The lowest BCUT2D eigenvalue weighted by molar-refractivity contribution is 0.00632. The lowest BCUT2D eigenvalue weighted by atomic mass is 10.2. The number of hydrogen-bond donors (Lipinski definition) is 0. The fraction of sp³-hybridized carbons (Fsp3) is 0.417. The van der Waals surface area contributed by atoms with E-state index < -0.39 is 0 Å². The van der Waals surface area contributed by atoms with Gasteiger partial charge in [0.2, 0.25) is 0 Å². The van der Waals surface area contributed by atoms with Crippen molar-refractivity contribution >= 4 is 15.9 Å². The molecule has 2 aliphatic heterocycles. The molecule has 0 radical (unpaired) electrons. The molecule has 18 heavy (non-hydrogen) atoms. The second-order valence-corrected chi connectivity index (χ2v) is 5.62. The first kappa shape index (κ1) is 10.6. The van der Waals surface area contributed by atoms with Gasteiger partial charge in [0.15, 0.2) is 11.6 Å². The van der Waals surface area contributed by atoms with E-state index in [1.807, 2.05) is 12.3 Å². The van der Waals surface area contributed by atoms with E-state index in [2.05, 4.69) is 35.7 Å². The topological polar surface area (TPSA) is 52.8 Å². The van der Waals surface area contributed by atoms with Gasteiger partial charge in [-0.3, -0.25) is 4.98 Å². The predicted octanol–water partition coefficient (Wildman–Crippen LogP) is 2.34. The maximum atomic E-state index is 5.85. The molecule has 0 aliphatic carbocycles. The minimum atomic E-state index is 0.130. The molecule has 4 rings (SSSR count). The van der Waals surface area contributed by atoms with Crippen molar-refractivity contribution in [3.63, 3.8) is 0 Å². The Balaban J connectivity index is 1.84. The second-order valence-electron chi connectivity index (χ2n) is 4.71. The van der Waals surface area contributed by atoms with Crippen molar-refractivity contribution in [1.82, 2.24) is 19.7 Å². The van der Waals surface area contributed by atoms with Gasteiger partial charge in [0.25, 0.3) is 0 Å². The highest BCUT2D eigenvalue weighted by atomic mass is 79.9. The zero-order chi connectivity index (χ0) is 12.1. The smallest absolute Gasteiger partial charge is 0.165 e. The quantitative estimate of drug-likeness (QED) is 0.811. The number of hydrogen-bond acceptors (Lipinski definition) is 4. The van der Waals surface area contributed by atoms with Gasteiger partial charge in [-0.1, -0.05) is 0 Å². The van der Waals surface area contributed by atoms with E-state index >= 15 is 0 Å². The summed E-state index contributed by atoms with van der Waals surface area (Å²) in [7, 11) is 0. The largest absolute Gasteiger partial charge is 0.365 e. The first-order chi connectivity index (χ1) is 8.81. The highest BCUT2D eigenvalue weighted by Crippen LogP contribution is 2.38. The minimum absolute atomic E-state index is 0.130. The van der Waals surface area contributed by atoms with Crippen LogP contribution >= 0.6 is 15.9 Å². The number of ether oxygens (including phenoxy) is 1. The van der Waals surface area contributed by atoms with E-state index in [0.29, 0.717) is 6.10 Å². The molecule has 0 spiro atoms. The Morgan fingerprint density at radius 2 is 2.22 bits per heavy atom. The molecule has 92 valence electrons. The van der Waals surface area contributed by atoms with E-state index in [1.165, 1.54) is 0 Å². The number of rotatable bonds is 1. The van der Waals surface area contributed by atoms with Crippen LogP contribution in [0, 0.1) is 0 Å². The van der Waals surface area contributed by atoms with Gasteiger partial charge in [0.05, 0.1) is 12.6 Å². The normalized spacial score (nSPS) is 25.2. The summed E-state index contributed by atoms with van der Waals surface area (Å²) in [4.78, 5) is 4.18. The zero-order valence-electron chi connectivity index (χ0n) is 9.58. The van der Waals surface area contributed by atoms with Crippen LogP contribution in [0.15, 0.2) is 22.9 Å². The fourth-order valence-electron chi connectivity index (χ4n) is 2.71. The second kappa shape index (κ2) is 3.86. The molecule has 0 aromatic carbocycles. The summed E-state index contributed by atoms with van der Waals surface area (Å²) >= 11 is 3.44. The molecule has 2 atom stereocenters. The molecule has 0 unspecified atom stereocenters. The van der Waals surface area contributed by atoms with Crippen molar-refractivity contribution in [2.45, 2.75) is 31.6 Å². The van der Waals surface area contributed by atoms with E-state index in [1.54, 1.807) is 6.20 Å². The molecule has 0 amide bonds. The number of halogens is 1. The molecule has 2 aliphatic rings. The van der Waals surface area contributed by atoms with Crippen LogP contribution in [0.3, 0.4) is 0 Å². The Morgan fingerprint density at radius 1 is 1.28 bits per heavy atom. The molecule has 1 saturated heterocycles. The van der Waals surface area contributed by atoms with Crippen molar-refractivity contribution in [3.8, 4) is 11.4 Å². The Labute approximate surface area is 112 Å². The lowest BCUT2D eigenvalue weighted by Crippen LogP contribution is -2.24. The molecule has 4 heterocycles. The molecule has 0 saturated carbocycles. The zero-order valence-corrected chi connectivity index (χ0v) is 11.2. The summed E-state index contributed by atoms with van der Waals surface area (Å²) in [5, 5.41) is 8.59. The average Bonchev–Trinajstić information content (AvgIpc) is 2.95. The first-order valence-corrected chi connectivity index (χ1v) is 6.80. The van der Waals surface area contributed by atoms with Gasteiger partial charge in [0.1, 0.15) is 6.10 Å². The third kappa shape index (κ3) is 1.52. The van der Waals surface area contributed by atoms with Gasteiger partial charge >= 0.3 is 0 Å². The molecular weight excluding hydrogens is 296 g/mol. The Hall–Kier alpha value is -1.27. The monoisotopic (exact) mass is 306 g/mol. The van der Waals surface area contributed by atoms with Crippen molar-refractivity contribution in [1.29, 1.82) is 0 Å². The van der Waals surface area contributed by atoms with Crippen molar-refractivity contribution in [3.05, 3.63) is 28.8 Å². The molecule has 1 fully saturated rings. The Morgan fingerprint density at radius 3 is 3.11 bits per heavy atom. The maximum Gasteiger partial charge on any atom is 0.165 e. The van der Waals surface area contributed by atoms with Gasteiger partial charge in [-0.25, -0.2) is 0 Å². The van der Waals surface area contributed by atoms with Crippen LogP contribution in [0.1, 0.15) is 24.8 Å². The molecular formula is C12H11BrN4O. The van der Waals surface area contributed by atoms with Gasteiger partial charge in [-0.15, -0.1) is 10.2 Å². The first-order valence-electron chi connectivity index (χ1n) is 6.01. The summed E-state index contributed by atoms with van der Waals surface area (Å²) in [6.45, 7) is 0.848. The van der Waals surface area contributed by atoms with Crippen molar-refractivity contribution in [2.24, 2.45) is 0 Å². The molecule has 5 nitrogen and oxygen atoms in total. The van der Waals surface area contributed by atoms with Gasteiger partial charge in [-0.2, -0.15) is 0 Å². The molecule has 2 bridgehead atoms. The summed E-state index contributed by atoms with van der Waals surface area (Å²) in [5.41, 5.74) is 0.990. The fourth-order valence-corrected chi connectivity index (χ4v) is 3.08. The number of fused-ring (bicyclic) bond motifs is 4. The molecule has 6 heteroatoms. The summed E-state index contributed by atoms with van der Waals surface area (Å²) in [5.74, 6) is 1.85. The lowest BCUT2D eigenvalue weighted by Gasteiger charge is -2.22. The molecule has 0 N–H and O–H groups in total. The third-order valence-corrected chi connectivity index (χ3v) is 3.96. The maximum absolute atomic E-state index is 5.85. The summed E-state index contributed by atoms with van der Waals surface area (Å²) in [6.07, 6.45) is 6.20. The van der Waals surface area contributed by atoms with Crippen LogP contribution in [0.5, 0.6) is 0 Å².